The first kappa shape index (κ1) is 13.4. The third-order valence-corrected chi connectivity index (χ3v) is 3.83. The van der Waals surface area contributed by atoms with Gasteiger partial charge in [-0.1, -0.05) is 12.1 Å². The van der Waals surface area contributed by atoms with Gasteiger partial charge in [0, 0.05) is 30.4 Å². The highest BCUT2D eigenvalue weighted by atomic mass is 32.2. The highest BCUT2D eigenvalue weighted by Crippen LogP contribution is 2.21. The van der Waals surface area contributed by atoms with Crippen LogP contribution in [0.25, 0.3) is 10.9 Å². The van der Waals surface area contributed by atoms with Gasteiger partial charge >= 0.3 is 0 Å². The summed E-state index contributed by atoms with van der Waals surface area (Å²) in [4.78, 5) is 6.81. The molecule has 3 heteroatoms. The van der Waals surface area contributed by atoms with E-state index < -0.39 is 0 Å². The van der Waals surface area contributed by atoms with Crippen LogP contribution in [-0.2, 0) is 6.54 Å². The van der Waals surface area contributed by atoms with E-state index >= 15 is 0 Å². The molecule has 0 amide bonds. The van der Waals surface area contributed by atoms with Gasteiger partial charge in [-0.3, -0.25) is 4.98 Å². The molecule has 0 atom stereocenters. The standard InChI is InChI=1S/C15H20N2S/c1-12-6-7-15-13(5-4-8-16-15)14(12)11-17(2)9-10-18-3/h4-8H,9-11H2,1-3H3. The van der Waals surface area contributed by atoms with E-state index in [1.807, 2.05) is 24.0 Å². The molecule has 0 aliphatic heterocycles. The predicted molar refractivity (Wildman–Crippen MR) is 81.2 cm³/mol. The van der Waals surface area contributed by atoms with Crippen LogP contribution in [0.1, 0.15) is 11.1 Å². The number of hydrogen-bond donors (Lipinski definition) is 0. The predicted octanol–water partition coefficient (Wildman–Crippen LogP) is 3.34. The number of nitrogens with zero attached hydrogens (tertiary/aromatic N) is 2. The summed E-state index contributed by atoms with van der Waals surface area (Å²) in [5.41, 5.74) is 3.85. The minimum atomic E-state index is 0.995. The highest BCUT2D eigenvalue weighted by Gasteiger charge is 2.07. The summed E-state index contributed by atoms with van der Waals surface area (Å²) in [6, 6.07) is 8.48. The molecule has 0 unspecified atom stereocenters. The number of fused-ring (bicyclic) bond motifs is 1. The summed E-state index contributed by atoms with van der Waals surface area (Å²) in [6.07, 6.45) is 4.01. The van der Waals surface area contributed by atoms with Crippen molar-refractivity contribution in [2.45, 2.75) is 13.5 Å². The number of benzene rings is 1. The van der Waals surface area contributed by atoms with Gasteiger partial charge in [0.1, 0.15) is 0 Å². The van der Waals surface area contributed by atoms with Crippen molar-refractivity contribution < 1.29 is 0 Å². The Morgan fingerprint density at radius 1 is 1.28 bits per heavy atom. The fourth-order valence-electron chi connectivity index (χ4n) is 2.13. The van der Waals surface area contributed by atoms with E-state index in [1.165, 1.54) is 22.3 Å². The van der Waals surface area contributed by atoms with Gasteiger partial charge in [-0.25, -0.2) is 0 Å². The maximum atomic E-state index is 4.43. The first-order chi connectivity index (χ1) is 8.72. The molecule has 2 rings (SSSR count). The summed E-state index contributed by atoms with van der Waals surface area (Å²) in [5, 5.41) is 1.29. The van der Waals surface area contributed by atoms with Gasteiger partial charge in [0.2, 0.25) is 0 Å². The quantitative estimate of drug-likeness (QED) is 0.820. The highest BCUT2D eigenvalue weighted by molar-refractivity contribution is 7.98. The summed E-state index contributed by atoms with van der Waals surface area (Å²) >= 11 is 1.89. The van der Waals surface area contributed by atoms with Crippen molar-refractivity contribution in [3.05, 3.63) is 41.6 Å². The number of hydrogen-bond acceptors (Lipinski definition) is 3. The molecule has 2 aromatic rings. The number of rotatable bonds is 5. The first-order valence-electron chi connectivity index (χ1n) is 6.23. The average Bonchev–Trinajstić information content (AvgIpc) is 2.40. The molecular weight excluding hydrogens is 240 g/mol. The SMILES string of the molecule is CSCCN(C)Cc1c(C)ccc2ncccc12. The summed E-state index contributed by atoms with van der Waals surface area (Å²) in [7, 11) is 2.19. The molecule has 0 N–H and O–H groups in total. The van der Waals surface area contributed by atoms with E-state index in [0.29, 0.717) is 0 Å². The van der Waals surface area contributed by atoms with Crippen molar-refractivity contribution in [3.8, 4) is 0 Å². The van der Waals surface area contributed by atoms with Gasteiger partial charge < -0.3 is 4.90 Å². The normalized spacial score (nSPS) is 11.3. The number of aryl methyl sites for hydroxylation is 1. The van der Waals surface area contributed by atoms with E-state index in [-0.39, 0.29) is 0 Å². The molecule has 0 bridgehead atoms. The summed E-state index contributed by atoms with van der Waals surface area (Å²) in [5.74, 6) is 1.18. The van der Waals surface area contributed by atoms with Gasteiger partial charge in [-0.15, -0.1) is 0 Å². The maximum Gasteiger partial charge on any atom is 0.0705 e. The maximum absolute atomic E-state index is 4.43. The third-order valence-electron chi connectivity index (χ3n) is 3.24. The first-order valence-corrected chi connectivity index (χ1v) is 7.62. The van der Waals surface area contributed by atoms with Crippen LogP contribution in [0.15, 0.2) is 30.5 Å². The molecule has 2 nitrogen and oxygen atoms in total. The smallest absolute Gasteiger partial charge is 0.0705 e. The molecular formula is C15H20N2S. The molecule has 18 heavy (non-hydrogen) atoms. The molecule has 0 saturated heterocycles. The molecule has 96 valence electrons. The van der Waals surface area contributed by atoms with Crippen molar-refractivity contribution in [1.29, 1.82) is 0 Å². The van der Waals surface area contributed by atoms with Crippen LogP contribution >= 0.6 is 11.8 Å². The average molecular weight is 260 g/mol. The van der Waals surface area contributed by atoms with Crippen LogP contribution in [-0.4, -0.2) is 35.5 Å². The fourth-order valence-corrected chi connectivity index (χ4v) is 2.62. The Morgan fingerprint density at radius 2 is 2.11 bits per heavy atom. The minimum Gasteiger partial charge on any atom is -0.301 e. The zero-order chi connectivity index (χ0) is 13.0. The summed E-state index contributed by atoms with van der Waals surface area (Å²) < 4.78 is 0. The fraction of sp³-hybridized carbons (Fsp3) is 0.400. The van der Waals surface area contributed by atoms with Crippen LogP contribution in [0.3, 0.4) is 0 Å². The van der Waals surface area contributed by atoms with Crippen LogP contribution < -0.4 is 0 Å². The topological polar surface area (TPSA) is 16.1 Å². The van der Waals surface area contributed by atoms with Crippen molar-refractivity contribution in [1.82, 2.24) is 9.88 Å². The molecule has 0 spiro atoms. The Hall–Kier alpha value is -1.06. The van der Waals surface area contributed by atoms with Crippen molar-refractivity contribution in [2.75, 3.05) is 25.6 Å². The van der Waals surface area contributed by atoms with Gasteiger partial charge in [0.25, 0.3) is 0 Å². The Morgan fingerprint density at radius 3 is 2.89 bits per heavy atom. The van der Waals surface area contributed by atoms with Gasteiger partial charge in [0.15, 0.2) is 0 Å². The molecule has 0 radical (unpaired) electrons. The number of aromatic nitrogens is 1. The lowest BCUT2D eigenvalue weighted by atomic mass is 10.0. The van der Waals surface area contributed by atoms with E-state index in [2.05, 4.69) is 48.3 Å². The summed E-state index contributed by atoms with van der Waals surface area (Å²) in [6.45, 7) is 4.30. The number of thioether (sulfide) groups is 1. The zero-order valence-electron chi connectivity index (χ0n) is 11.3. The Labute approximate surface area is 113 Å². The Bertz CT molecular complexity index is 525. The minimum absolute atomic E-state index is 0.995. The van der Waals surface area contributed by atoms with Gasteiger partial charge in [-0.05, 0) is 43.5 Å². The largest absolute Gasteiger partial charge is 0.301 e. The lowest BCUT2D eigenvalue weighted by Gasteiger charge is -2.18. The van der Waals surface area contributed by atoms with Gasteiger partial charge in [0.05, 0.1) is 5.52 Å². The van der Waals surface area contributed by atoms with E-state index in [4.69, 9.17) is 0 Å². The molecule has 0 aliphatic carbocycles. The molecule has 0 saturated carbocycles. The van der Waals surface area contributed by atoms with E-state index in [0.717, 1.165) is 18.6 Å². The molecule has 0 aliphatic rings. The third kappa shape index (κ3) is 3.03. The van der Waals surface area contributed by atoms with Crippen molar-refractivity contribution >= 4 is 22.7 Å². The number of pyridine rings is 1. The molecule has 1 aromatic heterocycles. The lowest BCUT2D eigenvalue weighted by molar-refractivity contribution is 0.349. The van der Waals surface area contributed by atoms with Crippen LogP contribution in [0.5, 0.6) is 0 Å². The molecule has 0 fully saturated rings. The van der Waals surface area contributed by atoms with Crippen LogP contribution in [0.2, 0.25) is 0 Å². The van der Waals surface area contributed by atoms with E-state index in [1.54, 1.807) is 0 Å². The monoisotopic (exact) mass is 260 g/mol. The second-order valence-corrected chi connectivity index (χ2v) is 5.65. The molecule has 1 aromatic carbocycles. The second-order valence-electron chi connectivity index (χ2n) is 4.66. The Kier molecular flexibility index (Phi) is 4.61. The zero-order valence-corrected chi connectivity index (χ0v) is 12.1. The van der Waals surface area contributed by atoms with Crippen LogP contribution in [0.4, 0.5) is 0 Å². The lowest BCUT2D eigenvalue weighted by Crippen LogP contribution is -2.21. The van der Waals surface area contributed by atoms with Gasteiger partial charge in [-0.2, -0.15) is 11.8 Å². The van der Waals surface area contributed by atoms with Crippen molar-refractivity contribution in [3.63, 3.8) is 0 Å². The second kappa shape index (κ2) is 6.21. The van der Waals surface area contributed by atoms with Crippen molar-refractivity contribution in [2.24, 2.45) is 0 Å². The Balaban J connectivity index is 2.28. The van der Waals surface area contributed by atoms with E-state index in [9.17, 15) is 0 Å². The molecule has 1 heterocycles. The van der Waals surface area contributed by atoms with Crippen LogP contribution in [0, 0.1) is 6.92 Å².